The summed E-state index contributed by atoms with van der Waals surface area (Å²) in [5.74, 6) is 0.977. The average Bonchev–Trinajstić information content (AvgIpc) is 3.32. The van der Waals surface area contributed by atoms with Crippen molar-refractivity contribution < 1.29 is 12.8 Å². The van der Waals surface area contributed by atoms with E-state index in [1.807, 2.05) is 79.7 Å². The van der Waals surface area contributed by atoms with Crippen LogP contribution in [0.5, 0.6) is 0 Å². The first-order valence-corrected chi connectivity index (χ1v) is 14.3. The molecule has 0 saturated heterocycles. The molecule has 0 fully saturated rings. The Labute approximate surface area is 223 Å². The largest absolute Gasteiger partial charge is 0.454 e. The second kappa shape index (κ2) is 9.34. The van der Waals surface area contributed by atoms with Crippen molar-refractivity contribution in [1.29, 1.82) is 0 Å². The van der Waals surface area contributed by atoms with Gasteiger partial charge in [-0.15, -0.1) is 0 Å². The molecule has 190 valence electrons. The highest BCUT2D eigenvalue weighted by molar-refractivity contribution is 7.92. The number of aryl methyl sites for hydroxylation is 1. The Hall–Kier alpha value is -4.09. The third kappa shape index (κ3) is 4.04. The van der Waals surface area contributed by atoms with Crippen molar-refractivity contribution in [2.75, 3.05) is 4.31 Å². The SMILES string of the molecule is Cc1ccc(S(=O)(=O)N2c3c(oc4ccccc34)C(c3ccc(C(C)C)cc3)=CC2c2ccccc2)cc1. The molecule has 0 radical (unpaired) electrons. The van der Waals surface area contributed by atoms with Gasteiger partial charge in [0.2, 0.25) is 0 Å². The fraction of sp³-hybridized carbons (Fsp3) is 0.152. The Kier molecular flexibility index (Phi) is 5.96. The zero-order valence-electron chi connectivity index (χ0n) is 21.6. The summed E-state index contributed by atoms with van der Waals surface area (Å²) in [6.45, 7) is 6.29. The quantitative estimate of drug-likeness (QED) is 0.235. The second-order valence-electron chi connectivity index (χ2n) is 10.1. The molecule has 1 aromatic heterocycles. The fourth-order valence-electron chi connectivity index (χ4n) is 5.12. The molecule has 0 bridgehead atoms. The van der Waals surface area contributed by atoms with Crippen LogP contribution in [0.1, 0.15) is 53.8 Å². The van der Waals surface area contributed by atoms with Crippen LogP contribution in [-0.2, 0) is 10.0 Å². The lowest BCUT2D eigenvalue weighted by atomic mass is 9.91. The van der Waals surface area contributed by atoms with Gasteiger partial charge in [0.15, 0.2) is 5.76 Å². The van der Waals surface area contributed by atoms with E-state index >= 15 is 0 Å². The average molecular weight is 520 g/mol. The zero-order chi connectivity index (χ0) is 26.4. The summed E-state index contributed by atoms with van der Waals surface area (Å²) in [5.41, 5.74) is 6.23. The van der Waals surface area contributed by atoms with E-state index in [2.05, 4.69) is 38.1 Å². The molecule has 4 nitrogen and oxygen atoms in total. The summed E-state index contributed by atoms with van der Waals surface area (Å²) in [6, 6.07) is 32.4. The van der Waals surface area contributed by atoms with E-state index in [4.69, 9.17) is 4.42 Å². The van der Waals surface area contributed by atoms with E-state index in [1.54, 1.807) is 16.4 Å². The first-order chi connectivity index (χ1) is 18.3. The molecule has 0 aliphatic carbocycles. The maximum atomic E-state index is 14.4. The number of furan rings is 1. The van der Waals surface area contributed by atoms with Crippen molar-refractivity contribution in [1.82, 2.24) is 0 Å². The molecule has 0 N–H and O–H groups in total. The van der Waals surface area contributed by atoms with Gasteiger partial charge < -0.3 is 4.42 Å². The normalized spacial score (nSPS) is 15.5. The van der Waals surface area contributed by atoms with E-state index in [0.717, 1.165) is 27.6 Å². The van der Waals surface area contributed by atoms with E-state index in [1.165, 1.54) is 5.56 Å². The van der Waals surface area contributed by atoms with Crippen LogP contribution in [0, 0.1) is 6.92 Å². The van der Waals surface area contributed by atoms with E-state index in [0.29, 0.717) is 22.9 Å². The number of sulfonamides is 1. The maximum absolute atomic E-state index is 14.4. The Morgan fingerprint density at radius 2 is 1.45 bits per heavy atom. The predicted octanol–water partition coefficient (Wildman–Crippen LogP) is 8.25. The molecule has 1 unspecified atom stereocenters. The summed E-state index contributed by atoms with van der Waals surface area (Å²) >= 11 is 0. The lowest BCUT2D eigenvalue weighted by molar-refractivity contribution is 0.576. The van der Waals surface area contributed by atoms with Crippen LogP contribution in [0.2, 0.25) is 0 Å². The van der Waals surface area contributed by atoms with Gasteiger partial charge in [-0.25, -0.2) is 8.42 Å². The van der Waals surface area contributed by atoms with Crippen molar-refractivity contribution in [2.24, 2.45) is 0 Å². The molecule has 1 aliphatic rings. The summed E-state index contributed by atoms with van der Waals surface area (Å²) < 4.78 is 36.8. The van der Waals surface area contributed by atoms with Crippen molar-refractivity contribution in [2.45, 2.75) is 37.6 Å². The molecule has 0 saturated carbocycles. The first-order valence-electron chi connectivity index (χ1n) is 12.8. The highest BCUT2D eigenvalue weighted by Crippen LogP contribution is 2.50. The molecular formula is C33H29NO3S. The molecule has 1 atom stereocenters. The molecule has 0 amide bonds. The molecule has 38 heavy (non-hydrogen) atoms. The standard InChI is InChI=1S/C33H29NO3S/c1-22(2)24-15-17-25(18-16-24)29-21-30(26-9-5-4-6-10-26)34(38(35,36)27-19-13-23(3)14-20-27)32-28-11-7-8-12-31(28)37-33(29)32/h4-22,30H,1-3H3. The van der Waals surface area contributed by atoms with Gasteiger partial charge in [-0.3, -0.25) is 4.31 Å². The third-order valence-electron chi connectivity index (χ3n) is 7.22. The first kappa shape index (κ1) is 24.3. The molecule has 4 aromatic carbocycles. The van der Waals surface area contributed by atoms with Crippen LogP contribution in [0.25, 0.3) is 16.5 Å². The molecule has 5 aromatic rings. The van der Waals surface area contributed by atoms with Crippen molar-refractivity contribution in [3.63, 3.8) is 0 Å². The number of rotatable bonds is 5. The van der Waals surface area contributed by atoms with Crippen molar-refractivity contribution in [3.8, 4) is 0 Å². The van der Waals surface area contributed by atoms with Gasteiger partial charge in [0.05, 0.1) is 10.9 Å². The summed E-state index contributed by atoms with van der Waals surface area (Å²) in [4.78, 5) is 0.249. The summed E-state index contributed by atoms with van der Waals surface area (Å²) in [6.07, 6.45) is 2.02. The van der Waals surface area contributed by atoms with Gasteiger partial charge in [-0.2, -0.15) is 0 Å². The number of nitrogens with zero attached hydrogens (tertiary/aromatic N) is 1. The molecule has 6 rings (SSSR count). The van der Waals surface area contributed by atoms with Gasteiger partial charge >= 0.3 is 0 Å². The minimum absolute atomic E-state index is 0.249. The molecule has 2 heterocycles. The van der Waals surface area contributed by atoms with Crippen LogP contribution in [0.4, 0.5) is 5.69 Å². The lowest BCUT2D eigenvalue weighted by Crippen LogP contribution is -2.36. The highest BCUT2D eigenvalue weighted by Gasteiger charge is 2.40. The number of fused-ring (bicyclic) bond motifs is 3. The number of benzene rings is 4. The van der Waals surface area contributed by atoms with Crippen LogP contribution in [0.3, 0.4) is 0 Å². The Morgan fingerprint density at radius 1 is 0.789 bits per heavy atom. The molecular weight excluding hydrogens is 490 g/mol. The van der Waals surface area contributed by atoms with Crippen molar-refractivity contribution >= 4 is 32.3 Å². The molecule has 5 heteroatoms. The number of anilines is 1. The number of hydrogen-bond acceptors (Lipinski definition) is 3. The number of para-hydroxylation sites is 1. The summed E-state index contributed by atoms with van der Waals surface area (Å²) in [5, 5.41) is 0.767. The monoisotopic (exact) mass is 519 g/mol. The molecule has 1 aliphatic heterocycles. The maximum Gasteiger partial charge on any atom is 0.265 e. The highest BCUT2D eigenvalue weighted by atomic mass is 32.2. The smallest absolute Gasteiger partial charge is 0.265 e. The van der Waals surface area contributed by atoms with E-state index in [-0.39, 0.29) is 4.90 Å². The van der Waals surface area contributed by atoms with Crippen LogP contribution in [0.15, 0.2) is 119 Å². The Bertz CT molecular complexity index is 1750. The molecule has 0 spiro atoms. The van der Waals surface area contributed by atoms with Crippen LogP contribution < -0.4 is 4.31 Å². The van der Waals surface area contributed by atoms with Crippen molar-refractivity contribution in [3.05, 3.63) is 137 Å². The Morgan fingerprint density at radius 3 is 2.13 bits per heavy atom. The minimum atomic E-state index is -3.95. The number of hydrogen-bond donors (Lipinski definition) is 0. The minimum Gasteiger partial charge on any atom is -0.454 e. The predicted molar refractivity (Wildman–Crippen MR) is 154 cm³/mol. The lowest BCUT2D eigenvalue weighted by Gasteiger charge is -2.35. The zero-order valence-corrected chi connectivity index (χ0v) is 22.4. The topological polar surface area (TPSA) is 50.5 Å². The van der Waals surface area contributed by atoms with Gasteiger partial charge in [-0.05, 0) is 59.9 Å². The second-order valence-corrected chi connectivity index (χ2v) is 11.9. The summed E-state index contributed by atoms with van der Waals surface area (Å²) in [7, 11) is -3.95. The van der Waals surface area contributed by atoms with Crippen LogP contribution >= 0.6 is 0 Å². The van der Waals surface area contributed by atoms with E-state index in [9.17, 15) is 8.42 Å². The fourth-order valence-corrected chi connectivity index (χ4v) is 6.73. The van der Waals surface area contributed by atoms with Gasteiger partial charge in [0, 0.05) is 11.0 Å². The van der Waals surface area contributed by atoms with Gasteiger partial charge in [-0.1, -0.05) is 98.3 Å². The van der Waals surface area contributed by atoms with Gasteiger partial charge in [0.1, 0.15) is 11.3 Å². The van der Waals surface area contributed by atoms with Gasteiger partial charge in [0.25, 0.3) is 10.0 Å². The van der Waals surface area contributed by atoms with Crippen LogP contribution in [-0.4, -0.2) is 8.42 Å². The third-order valence-corrected chi connectivity index (χ3v) is 9.01. The Balaban J connectivity index is 1.65. The van der Waals surface area contributed by atoms with E-state index < -0.39 is 16.1 Å².